The lowest BCUT2D eigenvalue weighted by Crippen LogP contribution is -2.25. The molecule has 0 saturated carbocycles. The topological polar surface area (TPSA) is 101 Å². The van der Waals surface area contributed by atoms with E-state index in [4.69, 9.17) is 5.73 Å². The summed E-state index contributed by atoms with van der Waals surface area (Å²) in [6, 6.07) is 6.75. The number of nitrogens with two attached hydrogens (primary N) is 1. The Morgan fingerprint density at radius 1 is 1.21 bits per heavy atom. The molecule has 0 aliphatic rings. The van der Waals surface area contributed by atoms with Crippen LogP contribution in [-0.4, -0.2) is 17.7 Å². The quantitative estimate of drug-likeness (QED) is 0.741. The monoisotopic (exact) mass is 263 g/mol. The van der Waals surface area contributed by atoms with E-state index < -0.39 is 11.8 Å². The summed E-state index contributed by atoms with van der Waals surface area (Å²) in [5.41, 5.74) is 6.18. The molecule has 0 aliphatic heterocycles. The summed E-state index contributed by atoms with van der Waals surface area (Å²) in [6.07, 6.45) is -0.00276. The predicted octanol–water partition coefficient (Wildman–Crippen LogP) is 1.09. The maximum absolute atomic E-state index is 11.8. The van der Waals surface area contributed by atoms with Gasteiger partial charge in [0.2, 0.25) is 17.7 Å². The van der Waals surface area contributed by atoms with Crippen LogP contribution in [0.25, 0.3) is 0 Å². The Balaban J connectivity index is 2.68. The van der Waals surface area contributed by atoms with Gasteiger partial charge in [-0.05, 0) is 18.2 Å². The molecule has 0 radical (unpaired) electrons. The molecule has 4 N–H and O–H groups in total. The number of carbonyl (C=O) groups excluding carboxylic acids is 3. The van der Waals surface area contributed by atoms with Gasteiger partial charge in [0, 0.05) is 30.6 Å². The molecular weight excluding hydrogens is 246 g/mol. The zero-order valence-electron chi connectivity index (χ0n) is 10.9. The third-order valence-corrected chi connectivity index (χ3v) is 2.41. The lowest BCUT2D eigenvalue weighted by molar-refractivity contribution is -0.125. The van der Waals surface area contributed by atoms with Crippen molar-refractivity contribution in [3.8, 4) is 0 Å². The van der Waals surface area contributed by atoms with E-state index in [1.807, 2.05) is 0 Å². The highest BCUT2D eigenvalue weighted by atomic mass is 16.2. The molecule has 1 aromatic rings. The summed E-state index contributed by atoms with van der Waals surface area (Å²) in [4.78, 5) is 33.4. The van der Waals surface area contributed by atoms with Crippen LogP contribution in [0, 0.1) is 5.92 Å². The zero-order chi connectivity index (χ0) is 14.4. The number of primary amides is 1. The van der Waals surface area contributed by atoms with Crippen LogP contribution < -0.4 is 16.4 Å². The molecular formula is C13H17N3O3. The number of nitrogens with one attached hydrogen (secondary N) is 2. The molecule has 1 aromatic carbocycles. The number of rotatable bonds is 5. The molecule has 3 amide bonds. The molecule has 19 heavy (non-hydrogen) atoms. The van der Waals surface area contributed by atoms with Crippen molar-refractivity contribution in [3.05, 3.63) is 24.3 Å². The number of benzene rings is 1. The Labute approximate surface area is 111 Å². The molecule has 0 heterocycles. The van der Waals surface area contributed by atoms with Crippen molar-refractivity contribution < 1.29 is 14.4 Å². The van der Waals surface area contributed by atoms with Gasteiger partial charge < -0.3 is 16.4 Å². The molecule has 0 aromatic heterocycles. The standard InChI is InChI=1S/C13H17N3O3/c1-8(6-12(14)18)13(19)16-11-5-3-4-10(7-11)15-9(2)17/h3-5,7-8H,6H2,1-2H3,(H2,14,18)(H,15,17)(H,16,19). The van der Waals surface area contributed by atoms with Gasteiger partial charge in [-0.2, -0.15) is 0 Å². The second-order valence-corrected chi connectivity index (χ2v) is 4.32. The van der Waals surface area contributed by atoms with Crippen molar-refractivity contribution in [1.29, 1.82) is 0 Å². The predicted molar refractivity (Wildman–Crippen MR) is 72.4 cm³/mol. The van der Waals surface area contributed by atoms with E-state index in [1.54, 1.807) is 31.2 Å². The van der Waals surface area contributed by atoms with Crippen molar-refractivity contribution in [2.24, 2.45) is 11.7 Å². The first kappa shape index (κ1) is 14.7. The van der Waals surface area contributed by atoms with E-state index in [1.165, 1.54) is 6.92 Å². The van der Waals surface area contributed by atoms with Crippen LogP contribution in [0.4, 0.5) is 11.4 Å². The smallest absolute Gasteiger partial charge is 0.227 e. The number of carbonyl (C=O) groups is 3. The fraction of sp³-hybridized carbons (Fsp3) is 0.308. The minimum atomic E-state index is -0.519. The second kappa shape index (κ2) is 6.53. The highest BCUT2D eigenvalue weighted by molar-refractivity contribution is 5.96. The van der Waals surface area contributed by atoms with E-state index >= 15 is 0 Å². The lowest BCUT2D eigenvalue weighted by atomic mass is 10.1. The van der Waals surface area contributed by atoms with Crippen LogP contribution in [0.15, 0.2) is 24.3 Å². The van der Waals surface area contributed by atoms with Crippen molar-refractivity contribution in [1.82, 2.24) is 0 Å². The van der Waals surface area contributed by atoms with Gasteiger partial charge in [0.1, 0.15) is 0 Å². The third kappa shape index (κ3) is 5.20. The molecule has 1 atom stereocenters. The van der Waals surface area contributed by atoms with Crippen molar-refractivity contribution in [2.75, 3.05) is 10.6 Å². The normalized spacial score (nSPS) is 11.5. The van der Waals surface area contributed by atoms with Crippen LogP contribution in [0.5, 0.6) is 0 Å². The Kier molecular flexibility index (Phi) is 5.05. The third-order valence-electron chi connectivity index (χ3n) is 2.41. The first-order valence-corrected chi connectivity index (χ1v) is 5.85. The summed E-state index contributed by atoms with van der Waals surface area (Å²) in [5.74, 6) is -1.50. The number of hydrogen-bond donors (Lipinski definition) is 3. The van der Waals surface area contributed by atoms with Crippen molar-refractivity contribution in [2.45, 2.75) is 20.3 Å². The van der Waals surface area contributed by atoms with Crippen LogP contribution in [0.1, 0.15) is 20.3 Å². The summed E-state index contributed by atoms with van der Waals surface area (Å²) < 4.78 is 0. The number of amides is 3. The second-order valence-electron chi connectivity index (χ2n) is 4.32. The summed E-state index contributed by atoms with van der Waals surface area (Å²) >= 11 is 0. The molecule has 0 saturated heterocycles. The van der Waals surface area contributed by atoms with Gasteiger partial charge in [-0.25, -0.2) is 0 Å². The van der Waals surface area contributed by atoms with E-state index in [0.29, 0.717) is 11.4 Å². The maximum Gasteiger partial charge on any atom is 0.227 e. The average molecular weight is 263 g/mol. The molecule has 0 aliphatic carbocycles. The van der Waals surface area contributed by atoms with Gasteiger partial charge in [-0.1, -0.05) is 13.0 Å². The van der Waals surface area contributed by atoms with Gasteiger partial charge in [0.05, 0.1) is 0 Å². The van der Waals surface area contributed by atoms with E-state index in [9.17, 15) is 14.4 Å². The number of anilines is 2. The highest BCUT2D eigenvalue weighted by Gasteiger charge is 2.15. The summed E-state index contributed by atoms with van der Waals surface area (Å²) in [7, 11) is 0. The van der Waals surface area contributed by atoms with Crippen LogP contribution in [0.2, 0.25) is 0 Å². The molecule has 0 bridgehead atoms. The van der Waals surface area contributed by atoms with Crippen LogP contribution >= 0.6 is 0 Å². The Morgan fingerprint density at radius 2 is 1.79 bits per heavy atom. The molecule has 0 fully saturated rings. The summed E-state index contributed by atoms with van der Waals surface area (Å²) in [6.45, 7) is 3.03. The van der Waals surface area contributed by atoms with E-state index in [2.05, 4.69) is 10.6 Å². The van der Waals surface area contributed by atoms with Crippen molar-refractivity contribution in [3.63, 3.8) is 0 Å². The first-order valence-electron chi connectivity index (χ1n) is 5.85. The Hall–Kier alpha value is -2.37. The van der Waals surface area contributed by atoms with Crippen molar-refractivity contribution >= 4 is 29.1 Å². The number of hydrogen-bond acceptors (Lipinski definition) is 3. The van der Waals surface area contributed by atoms with Gasteiger partial charge in [-0.15, -0.1) is 0 Å². The SMILES string of the molecule is CC(=O)Nc1cccc(NC(=O)C(C)CC(N)=O)c1. The van der Waals surface area contributed by atoms with Gasteiger partial charge in [-0.3, -0.25) is 14.4 Å². The Morgan fingerprint density at radius 3 is 2.32 bits per heavy atom. The first-order chi connectivity index (χ1) is 8.88. The largest absolute Gasteiger partial charge is 0.370 e. The molecule has 102 valence electrons. The van der Waals surface area contributed by atoms with Gasteiger partial charge in [0.25, 0.3) is 0 Å². The average Bonchev–Trinajstić information content (AvgIpc) is 2.27. The van der Waals surface area contributed by atoms with Crippen LogP contribution in [0.3, 0.4) is 0 Å². The van der Waals surface area contributed by atoms with E-state index in [-0.39, 0.29) is 18.2 Å². The fourth-order valence-corrected chi connectivity index (χ4v) is 1.54. The molecule has 1 rings (SSSR count). The highest BCUT2D eigenvalue weighted by Crippen LogP contribution is 2.16. The fourth-order valence-electron chi connectivity index (χ4n) is 1.54. The lowest BCUT2D eigenvalue weighted by Gasteiger charge is -2.11. The maximum atomic E-state index is 11.8. The van der Waals surface area contributed by atoms with E-state index in [0.717, 1.165) is 0 Å². The van der Waals surface area contributed by atoms with Gasteiger partial charge in [0.15, 0.2) is 0 Å². The molecule has 0 spiro atoms. The zero-order valence-corrected chi connectivity index (χ0v) is 10.9. The minimum absolute atomic E-state index is 0.00276. The molecule has 6 heteroatoms. The van der Waals surface area contributed by atoms with Gasteiger partial charge >= 0.3 is 0 Å². The van der Waals surface area contributed by atoms with Crippen LogP contribution in [-0.2, 0) is 14.4 Å². The Bertz CT molecular complexity index is 500. The molecule has 6 nitrogen and oxygen atoms in total. The summed E-state index contributed by atoms with van der Waals surface area (Å²) in [5, 5.41) is 5.28. The minimum Gasteiger partial charge on any atom is -0.370 e. The molecule has 1 unspecified atom stereocenters.